The first-order valence-electron chi connectivity index (χ1n) is 6.76. The molecule has 2 aromatic carbocycles. The summed E-state index contributed by atoms with van der Waals surface area (Å²) in [5, 5.41) is 0. The van der Waals surface area contributed by atoms with Gasteiger partial charge in [-0.05, 0) is 17.2 Å². The first-order valence-corrected chi connectivity index (χ1v) is 6.76. The van der Waals surface area contributed by atoms with E-state index in [9.17, 15) is 4.79 Å². The van der Waals surface area contributed by atoms with Crippen LogP contribution in [0.5, 0.6) is 0 Å². The van der Waals surface area contributed by atoms with Crippen LogP contribution in [0.2, 0.25) is 0 Å². The fourth-order valence-electron chi connectivity index (χ4n) is 2.39. The maximum atomic E-state index is 12.4. The Morgan fingerprint density at radius 1 is 0.909 bits per heavy atom. The second-order valence-electron chi connectivity index (χ2n) is 4.81. The highest BCUT2D eigenvalue weighted by atomic mass is 16.1. The van der Waals surface area contributed by atoms with Gasteiger partial charge in [0, 0.05) is 5.56 Å². The van der Waals surface area contributed by atoms with Crippen molar-refractivity contribution in [2.24, 2.45) is 0 Å². The molecular formula is C18H13N3O. The highest BCUT2D eigenvalue weighted by Gasteiger charge is 2.15. The number of nitrogen functional groups attached to an aromatic ring is 1. The summed E-state index contributed by atoms with van der Waals surface area (Å²) in [6, 6.07) is 20.6. The van der Waals surface area contributed by atoms with E-state index in [4.69, 9.17) is 12.4 Å². The van der Waals surface area contributed by atoms with Crippen molar-refractivity contribution >= 4 is 5.69 Å². The number of hydrogen-bond donors (Lipinski definition) is 1. The van der Waals surface area contributed by atoms with Crippen LogP contribution in [0.1, 0.15) is 0 Å². The molecule has 0 radical (unpaired) electrons. The van der Waals surface area contributed by atoms with Gasteiger partial charge in [0.05, 0.1) is 12.3 Å². The van der Waals surface area contributed by atoms with E-state index in [0.717, 1.165) is 15.8 Å². The van der Waals surface area contributed by atoms with E-state index in [1.54, 1.807) is 6.07 Å². The van der Waals surface area contributed by atoms with E-state index in [1.165, 1.54) is 0 Å². The van der Waals surface area contributed by atoms with Gasteiger partial charge < -0.3 is 5.84 Å². The number of pyridine rings is 1. The summed E-state index contributed by atoms with van der Waals surface area (Å²) in [7, 11) is 0. The molecular weight excluding hydrogens is 274 g/mol. The Morgan fingerprint density at radius 2 is 1.45 bits per heavy atom. The molecule has 0 aliphatic rings. The van der Waals surface area contributed by atoms with Crippen LogP contribution < -0.4 is 11.4 Å². The van der Waals surface area contributed by atoms with Crippen molar-refractivity contribution in [1.29, 1.82) is 0 Å². The molecule has 3 rings (SSSR count). The summed E-state index contributed by atoms with van der Waals surface area (Å²) in [6.45, 7) is 7.30. The molecule has 0 unspecified atom stereocenters. The average molecular weight is 287 g/mol. The summed E-state index contributed by atoms with van der Waals surface area (Å²) in [4.78, 5) is 15.8. The monoisotopic (exact) mass is 287 g/mol. The minimum absolute atomic E-state index is 0.0355. The standard InChI is InChI=1S/C18H13N3O/c1-20-17-15(13-8-4-2-5-9-13)12-16(21(19)18(17)22)14-10-6-3-7-11-14/h2-12H,19H2. The molecule has 22 heavy (non-hydrogen) atoms. The molecule has 3 aromatic rings. The van der Waals surface area contributed by atoms with Crippen molar-refractivity contribution in [2.45, 2.75) is 0 Å². The zero-order valence-electron chi connectivity index (χ0n) is 11.7. The fraction of sp³-hybridized carbons (Fsp3) is 0. The molecule has 0 saturated heterocycles. The van der Waals surface area contributed by atoms with Crippen LogP contribution in [0, 0.1) is 6.57 Å². The Hall–Kier alpha value is -3.32. The predicted octanol–water partition coefficient (Wildman–Crippen LogP) is 3.45. The van der Waals surface area contributed by atoms with Gasteiger partial charge in [-0.2, -0.15) is 0 Å². The largest absolute Gasteiger partial charge is 0.337 e. The Bertz CT molecular complexity index is 907. The third-order valence-electron chi connectivity index (χ3n) is 3.48. The molecule has 0 saturated carbocycles. The first-order chi connectivity index (χ1) is 10.7. The molecule has 4 heteroatoms. The number of nitrogens with zero attached hydrogens (tertiary/aromatic N) is 2. The number of benzene rings is 2. The molecule has 0 amide bonds. The van der Waals surface area contributed by atoms with Gasteiger partial charge in [-0.1, -0.05) is 60.7 Å². The summed E-state index contributed by atoms with van der Waals surface area (Å²) < 4.78 is 1.04. The first kappa shape index (κ1) is 13.7. The van der Waals surface area contributed by atoms with Crippen molar-refractivity contribution in [3.63, 3.8) is 0 Å². The summed E-state index contributed by atoms with van der Waals surface area (Å²) in [5.74, 6) is 5.90. The molecule has 2 N–H and O–H groups in total. The summed E-state index contributed by atoms with van der Waals surface area (Å²) in [6.07, 6.45) is 0. The van der Waals surface area contributed by atoms with Crippen LogP contribution in [0.25, 0.3) is 27.2 Å². The number of hydrogen-bond acceptors (Lipinski definition) is 2. The van der Waals surface area contributed by atoms with Crippen LogP contribution in [-0.2, 0) is 0 Å². The third-order valence-corrected chi connectivity index (χ3v) is 3.48. The Morgan fingerprint density at radius 3 is 2.00 bits per heavy atom. The SMILES string of the molecule is [C-]#[N+]c1c(-c2ccccc2)cc(-c2ccccc2)n(N)c1=O. The second-order valence-corrected chi connectivity index (χ2v) is 4.81. The van der Waals surface area contributed by atoms with E-state index in [-0.39, 0.29) is 5.69 Å². The minimum Gasteiger partial charge on any atom is -0.337 e. The maximum Gasteiger partial charge on any atom is 0.276 e. The van der Waals surface area contributed by atoms with E-state index >= 15 is 0 Å². The maximum absolute atomic E-state index is 12.4. The number of aromatic nitrogens is 1. The molecule has 4 nitrogen and oxygen atoms in total. The van der Waals surface area contributed by atoms with Crippen molar-refractivity contribution < 1.29 is 0 Å². The lowest BCUT2D eigenvalue weighted by atomic mass is 10.0. The molecule has 0 bridgehead atoms. The predicted molar refractivity (Wildman–Crippen MR) is 88.0 cm³/mol. The second kappa shape index (κ2) is 5.58. The zero-order valence-corrected chi connectivity index (χ0v) is 11.7. The molecule has 0 spiro atoms. The van der Waals surface area contributed by atoms with Gasteiger partial charge in [0.2, 0.25) is 0 Å². The fourth-order valence-corrected chi connectivity index (χ4v) is 2.39. The summed E-state index contributed by atoms with van der Waals surface area (Å²) in [5.41, 5.74) is 2.38. The Kier molecular flexibility index (Phi) is 3.47. The zero-order chi connectivity index (χ0) is 15.5. The van der Waals surface area contributed by atoms with Crippen LogP contribution in [0.4, 0.5) is 5.69 Å². The van der Waals surface area contributed by atoms with E-state index in [0.29, 0.717) is 11.3 Å². The van der Waals surface area contributed by atoms with Crippen LogP contribution in [-0.4, -0.2) is 4.68 Å². The molecule has 0 atom stereocenters. The van der Waals surface area contributed by atoms with Crippen LogP contribution >= 0.6 is 0 Å². The quantitative estimate of drug-likeness (QED) is 0.580. The number of rotatable bonds is 2. The highest BCUT2D eigenvalue weighted by Crippen LogP contribution is 2.31. The third kappa shape index (κ3) is 2.25. The van der Waals surface area contributed by atoms with Gasteiger partial charge in [0.25, 0.3) is 11.2 Å². The molecule has 0 aliphatic carbocycles. The van der Waals surface area contributed by atoms with Crippen molar-refractivity contribution in [3.8, 4) is 22.4 Å². The van der Waals surface area contributed by atoms with Gasteiger partial charge in [0.15, 0.2) is 0 Å². The van der Waals surface area contributed by atoms with Gasteiger partial charge in [-0.3, -0.25) is 4.79 Å². The average Bonchev–Trinajstić information content (AvgIpc) is 2.58. The van der Waals surface area contributed by atoms with Crippen molar-refractivity contribution in [3.05, 3.63) is 88.5 Å². The molecule has 1 aromatic heterocycles. The lowest BCUT2D eigenvalue weighted by Crippen LogP contribution is -2.28. The van der Waals surface area contributed by atoms with E-state index < -0.39 is 5.56 Å². The van der Waals surface area contributed by atoms with Crippen molar-refractivity contribution in [2.75, 3.05) is 5.84 Å². The number of nitrogens with two attached hydrogens (primary N) is 1. The smallest absolute Gasteiger partial charge is 0.276 e. The van der Waals surface area contributed by atoms with Gasteiger partial charge in [-0.15, -0.1) is 0 Å². The van der Waals surface area contributed by atoms with Gasteiger partial charge >= 0.3 is 0 Å². The lowest BCUT2D eigenvalue weighted by molar-refractivity contribution is 0.954. The molecule has 0 aliphatic heterocycles. The van der Waals surface area contributed by atoms with Crippen molar-refractivity contribution in [1.82, 2.24) is 4.68 Å². The molecule has 0 fully saturated rings. The molecule has 1 heterocycles. The minimum atomic E-state index is -0.491. The lowest BCUT2D eigenvalue weighted by Gasteiger charge is -2.12. The van der Waals surface area contributed by atoms with Crippen LogP contribution in [0.15, 0.2) is 71.5 Å². The highest BCUT2D eigenvalue weighted by molar-refractivity contribution is 5.81. The van der Waals surface area contributed by atoms with Crippen LogP contribution in [0.3, 0.4) is 0 Å². The van der Waals surface area contributed by atoms with Gasteiger partial charge in [-0.25, -0.2) is 9.52 Å². The van der Waals surface area contributed by atoms with Gasteiger partial charge in [0.1, 0.15) is 0 Å². The van der Waals surface area contributed by atoms with E-state index in [2.05, 4.69) is 4.85 Å². The Labute approximate surface area is 127 Å². The topological polar surface area (TPSA) is 52.4 Å². The normalized spacial score (nSPS) is 10.1. The summed E-state index contributed by atoms with van der Waals surface area (Å²) >= 11 is 0. The van der Waals surface area contributed by atoms with E-state index in [1.807, 2.05) is 60.7 Å². The molecule has 106 valence electrons. The Balaban J connectivity index is 2.34.